The minimum absolute atomic E-state index is 0.0302. The molecule has 2 aromatic heterocycles. The predicted octanol–water partition coefficient (Wildman–Crippen LogP) is 6.42. The van der Waals surface area contributed by atoms with E-state index in [0.717, 1.165) is 42.3 Å². The zero-order valence-electron chi connectivity index (χ0n) is 24.7. The molecule has 3 heterocycles. The van der Waals surface area contributed by atoms with Gasteiger partial charge in [-0.2, -0.15) is 0 Å². The van der Waals surface area contributed by atoms with Crippen LogP contribution in [-0.4, -0.2) is 67.8 Å². The fourth-order valence-corrected chi connectivity index (χ4v) is 6.14. The average molecular weight is 586 g/mol. The second-order valence-electron chi connectivity index (χ2n) is 10.9. The molecule has 1 atom stereocenters. The summed E-state index contributed by atoms with van der Waals surface area (Å²) < 4.78 is 7.61. The Labute approximate surface area is 252 Å². The van der Waals surface area contributed by atoms with Crippen LogP contribution in [0.2, 0.25) is 0 Å². The maximum absolute atomic E-state index is 13.2. The standard InChI is InChI=1S/C33H39N5O3S/c1-4-5-8-26-13-15-27(16-14-26)32(40)37-20-19-36(23-25(37)3)30(39)10-7-22-42-33-35-34-31(29-9-6-21-41-29)38(33)28-17-11-24(2)12-18-28/h6,9,11-18,21,25H,4-5,7-8,10,19-20,22-23H2,1-3H3. The summed E-state index contributed by atoms with van der Waals surface area (Å²) in [5.41, 5.74) is 4.12. The molecule has 0 aliphatic carbocycles. The first-order valence-electron chi connectivity index (χ1n) is 14.8. The molecule has 0 bridgehead atoms. The lowest BCUT2D eigenvalue weighted by Gasteiger charge is -2.40. The summed E-state index contributed by atoms with van der Waals surface area (Å²) in [6.45, 7) is 7.93. The number of hydrogen-bond acceptors (Lipinski definition) is 6. The Kier molecular flexibility index (Phi) is 9.79. The van der Waals surface area contributed by atoms with Gasteiger partial charge in [-0.25, -0.2) is 0 Å². The number of hydrogen-bond donors (Lipinski definition) is 0. The van der Waals surface area contributed by atoms with Crippen molar-refractivity contribution in [2.45, 2.75) is 64.1 Å². The van der Waals surface area contributed by atoms with Crippen LogP contribution in [0.25, 0.3) is 17.3 Å². The van der Waals surface area contributed by atoms with Crippen molar-refractivity contribution in [2.75, 3.05) is 25.4 Å². The third-order valence-electron chi connectivity index (χ3n) is 7.69. The van der Waals surface area contributed by atoms with Gasteiger partial charge in [0.2, 0.25) is 11.7 Å². The fourth-order valence-electron chi connectivity index (χ4n) is 5.25. The van der Waals surface area contributed by atoms with Gasteiger partial charge < -0.3 is 14.2 Å². The number of carbonyl (C=O) groups excluding carboxylic acids is 2. The van der Waals surface area contributed by atoms with Crippen molar-refractivity contribution in [3.05, 3.63) is 83.6 Å². The van der Waals surface area contributed by atoms with Crippen molar-refractivity contribution in [1.29, 1.82) is 0 Å². The van der Waals surface area contributed by atoms with Crippen molar-refractivity contribution in [3.63, 3.8) is 0 Å². The molecule has 1 aliphatic rings. The van der Waals surface area contributed by atoms with Gasteiger partial charge in [0, 0.05) is 49.1 Å². The fraction of sp³-hybridized carbons (Fsp3) is 0.394. The molecule has 220 valence electrons. The summed E-state index contributed by atoms with van der Waals surface area (Å²) >= 11 is 1.58. The largest absolute Gasteiger partial charge is 0.461 e. The minimum atomic E-state index is -0.0302. The maximum atomic E-state index is 13.2. The number of furan rings is 1. The highest BCUT2D eigenvalue weighted by atomic mass is 32.2. The smallest absolute Gasteiger partial charge is 0.254 e. The minimum Gasteiger partial charge on any atom is -0.461 e. The lowest BCUT2D eigenvalue weighted by molar-refractivity contribution is -0.133. The predicted molar refractivity (Wildman–Crippen MR) is 166 cm³/mol. The zero-order valence-corrected chi connectivity index (χ0v) is 25.5. The average Bonchev–Trinajstić information content (AvgIpc) is 3.69. The quantitative estimate of drug-likeness (QED) is 0.149. The lowest BCUT2D eigenvalue weighted by atomic mass is 10.0. The molecule has 4 aromatic rings. The lowest BCUT2D eigenvalue weighted by Crippen LogP contribution is -2.55. The first kappa shape index (κ1) is 29.6. The molecule has 9 heteroatoms. The molecular weight excluding hydrogens is 546 g/mol. The second-order valence-corrected chi connectivity index (χ2v) is 12.0. The molecule has 0 saturated carbocycles. The number of aromatic nitrogens is 3. The number of amides is 2. The molecule has 42 heavy (non-hydrogen) atoms. The number of aryl methyl sites for hydroxylation is 2. The second kappa shape index (κ2) is 13.9. The molecule has 2 aromatic carbocycles. The van der Waals surface area contributed by atoms with Crippen LogP contribution in [0, 0.1) is 6.92 Å². The Bertz CT molecular complexity index is 1460. The molecule has 0 spiro atoms. The third kappa shape index (κ3) is 6.95. The van der Waals surface area contributed by atoms with Gasteiger partial charge in [-0.3, -0.25) is 14.2 Å². The molecule has 1 fully saturated rings. The van der Waals surface area contributed by atoms with E-state index >= 15 is 0 Å². The van der Waals surface area contributed by atoms with Crippen LogP contribution in [0.15, 0.2) is 76.5 Å². The van der Waals surface area contributed by atoms with Crippen LogP contribution >= 0.6 is 11.8 Å². The highest BCUT2D eigenvalue weighted by Crippen LogP contribution is 2.29. The van der Waals surface area contributed by atoms with Crippen LogP contribution in [0.3, 0.4) is 0 Å². The highest BCUT2D eigenvalue weighted by Gasteiger charge is 2.30. The van der Waals surface area contributed by atoms with Crippen molar-refractivity contribution in [1.82, 2.24) is 24.6 Å². The Balaban J connectivity index is 1.13. The topological polar surface area (TPSA) is 84.5 Å². The Hall–Kier alpha value is -3.85. The van der Waals surface area contributed by atoms with Crippen molar-refractivity contribution in [2.24, 2.45) is 0 Å². The normalized spacial score (nSPS) is 15.3. The van der Waals surface area contributed by atoms with E-state index in [-0.39, 0.29) is 17.9 Å². The van der Waals surface area contributed by atoms with E-state index in [9.17, 15) is 9.59 Å². The van der Waals surface area contributed by atoms with E-state index in [0.29, 0.717) is 43.2 Å². The summed E-state index contributed by atoms with van der Waals surface area (Å²) in [5.74, 6) is 2.21. The summed E-state index contributed by atoms with van der Waals surface area (Å²) in [4.78, 5) is 30.1. The molecule has 0 N–H and O–H groups in total. The maximum Gasteiger partial charge on any atom is 0.254 e. The van der Waals surface area contributed by atoms with Crippen molar-refractivity contribution < 1.29 is 14.0 Å². The molecule has 2 amide bonds. The van der Waals surface area contributed by atoms with Crippen LogP contribution < -0.4 is 0 Å². The zero-order chi connectivity index (χ0) is 29.5. The first-order valence-corrected chi connectivity index (χ1v) is 15.8. The first-order chi connectivity index (χ1) is 20.4. The van der Waals surface area contributed by atoms with E-state index in [1.807, 2.05) is 57.7 Å². The molecule has 5 rings (SSSR count). The Morgan fingerprint density at radius 1 is 1.00 bits per heavy atom. The number of thioether (sulfide) groups is 1. The Morgan fingerprint density at radius 3 is 2.48 bits per heavy atom. The van der Waals surface area contributed by atoms with Gasteiger partial charge in [0.1, 0.15) is 0 Å². The van der Waals surface area contributed by atoms with E-state index < -0.39 is 0 Å². The van der Waals surface area contributed by atoms with Crippen LogP contribution in [-0.2, 0) is 11.2 Å². The van der Waals surface area contributed by atoms with Crippen LogP contribution in [0.4, 0.5) is 0 Å². The number of nitrogens with zero attached hydrogens (tertiary/aromatic N) is 5. The van der Waals surface area contributed by atoms with Gasteiger partial charge in [-0.1, -0.05) is 54.9 Å². The number of benzene rings is 2. The molecular formula is C33H39N5O3S. The molecule has 1 aliphatic heterocycles. The molecule has 1 saturated heterocycles. The van der Waals surface area contributed by atoms with Gasteiger partial charge >= 0.3 is 0 Å². The number of rotatable bonds is 11. The van der Waals surface area contributed by atoms with E-state index in [4.69, 9.17) is 4.42 Å². The van der Waals surface area contributed by atoms with Gasteiger partial charge in [0.15, 0.2) is 10.9 Å². The van der Waals surface area contributed by atoms with E-state index in [1.165, 1.54) is 11.1 Å². The van der Waals surface area contributed by atoms with E-state index in [2.05, 4.69) is 48.3 Å². The van der Waals surface area contributed by atoms with Crippen molar-refractivity contribution in [3.8, 4) is 17.3 Å². The monoisotopic (exact) mass is 585 g/mol. The van der Waals surface area contributed by atoms with Crippen LogP contribution in [0.1, 0.15) is 61.0 Å². The third-order valence-corrected chi connectivity index (χ3v) is 8.71. The van der Waals surface area contributed by atoms with Gasteiger partial charge in [0.25, 0.3) is 5.91 Å². The summed E-state index contributed by atoms with van der Waals surface area (Å²) in [6, 6.07) is 19.9. The summed E-state index contributed by atoms with van der Waals surface area (Å²) in [6.07, 6.45) is 6.16. The molecule has 8 nitrogen and oxygen atoms in total. The summed E-state index contributed by atoms with van der Waals surface area (Å²) in [7, 11) is 0. The number of unbranched alkanes of at least 4 members (excludes halogenated alkanes) is 1. The van der Waals surface area contributed by atoms with Gasteiger partial charge in [-0.15, -0.1) is 10.2 Å². The number of carbonyl (C=O) groups is 2. The number of piperazine rings is 1. The SMILES string of the molecule is CCCCc1ccc(C(=O)N2CCN(C(=O)CCCSc3nnc(-c4ccco4)n3-c3ccc(C)cc3)CC2C)cc1. The van der Waals surface area contributed by atoms with Crippen molar-refractivity contribution >= 4 is 23.6 Å². The van der Waals surface area contributed by atoms with Crippen LogP contribution in [0.5, 0.6) is 0 Å². The Morgan fingerprint density at radius 2 is 1.79 bits per heavy atom. The molecule has 1 unspecified atom stereocenters. The highest BCUT2D eigenvalue weighted by molar-refractivity contribution is 7.99. The van der Waals surface area contributed by atoms with Gasteiger partial charge in [0.05, 0.1) is 6.26 Å². The van der Waals surface area contributed by atoms with Gasteiger partial charge in [-0.05, 0) is 75.1 Å². The van der Waals surface area contributed by atoms with E-state index in [1.54, 1.807) is 18.0 Å². The molecule has 0 radical (unpaired) electrons. The summed E-state index contributed by atoms with van der Waals surface area (Å²) in [5, 5.41) is 9.60.